The number of hydrogen-bond acceptors (Lipinski definition) is 3. The molecule has 2 fully saturated rings. The zero-order valence-electron chi connectivity index (χ0n) is 12.1. The highest BCUT2D eigenvalue weighted by Gasteiger charge is 2.39. The third kappa shape index (κ3) is 2.90. The first kappa shape index (κ1) is 14.4. The van der Waals surface area contributed by atoms with Gasteiger partial charge in [-0.1, -0.05) is 0 Å². The Morgan fingerprint density at radius 1 is 1.05 bits per heavy atom. The lowest BCUT2D eigenvalue weighted by Crippen LogP contribution is -2.50. The summed E-state index contributed by atoms with van der Waals surface area (Å²) in [5.41, 5.74) is 6.44. The van der Waals surface area contributed by atoms with E-state index in [1.807, 2.05) is 21.7 Å². The molecule has 114 valence electrons. The van der Waals surface area contributed by atoms with Crippen LogP contribution >= 0.6 is 11.3 Å². The highest BCUT2D eigenvalue weighted by Crippen LogP contribution is 2.41. The van der Waals surface area contributed by atoms with Crippen molar-refractivity contribution in [3.63, 3.8) is 0 Å². The number of urea groups is 1. The van der Waals surface area contributed by atoms with Crippen molar-refractivity contribution in [1.82, 2.24) is 9.80 Å². The van der Waals surface area contributed by atoms with Gasteiger partial charge in [0, 0.05) is 31.6 Å². The number of thiophene rings is 1. The summed E-state index contributed by atoms with van der Waals surface area (Å²) in [4.78, 5) is 27.2. The van der Waals surface area contributed by atoms with Crippen LogP contribution in [0.15, 0.2) is 16.8 Å². The third-order valence-electron chi connectivity index (χ3n) is 5.02. The minimum Gasteiger partial charge on any atom is -0.351 e. The van der Waals surface area contributed by atoms with Gasteiger partial charge >= 0.3 is 6.03 Å². The summed E-state index contributed by atoms with van der Waals surface area (Å²) >= 11 is 1.56. The maximum Gasteiger partial charge on any atom is 0.314 e. The number of carbonyl (C=O) groups is 2. The second-order valence-electron chi connectivity index (χ2n) is 6.13. The normalized spacial score (nSPS) is 21.5. The van der Waals surface area contributed by atoms with E-state index in [1.54, 1.807) is 16.2 Å². The van der Waals surface area contributed by atoms with Crippen LogP contribution in [0.5, 0.6) is 0 Å². The SMILES string of the molecule is NC(=O)N1CCC2(CC1)CCN(C(=O)c1ccsc1)CC2. The molecule has 2 aliphatic heterocycles. The summed E-state index contributed by atoms with van der Waals surface area (Å²) in [5.74, 6) is 0.153. The van der Waals surface area contributed by atoms with Gasteiger partial charge in [-0.3, -0.25) is 4.79 Å². The van der Waals surface area contributed by atoms with Gasteiger partial charge in [0.1, 0.15) is 0 Å². The van der Waals surface area contributed by atoms with Crippen LogP contribution < -0.4 is 5.73 Å². The molecule has 1 spiro atoms. The Kier molecular flexibility index (Phi) is 3.89. The Morgan fingerprint density at radius 2 is 1.62 bits per heavy atom. The first-order valence-electron chi connectivity index (χ1n) is 7.46. The molecular weight excluding hydrogens is 286 g/mol. The summed E-state index contributed by atoms with van der Waals surface area (Å²) in [6.45, 7) is 3.16. The quantitative estimate of drug-likeness (QED) is 0.864. The van der Waals surface area contributed by atoms with Gasteiger partial charge < -0.3 is 15.5 Å². The molecule has 6 heteroatoms. The van der Waals surface area contributed by atoms with Gasteiger partial charge in [-0.15, -0.1) is 0 Å². The average molecular weight is 307 g/mol. The predicted octanol–water partition coefficient (Wildman–Crippen LogP) is 2.14. The Hall–Kier alpha value is -1.56. The maximum absolute atomic E-state index is 12.3. The zero-order valence-corrected chi connectivity index (χ0v) is 12.9. The molecule has 3 heterocycles. The summed E-state index contributed by atoms with van der Waals surface area (Å²) in [6, 6.07) is 1.58. The molecule has 0 saturated carbocycles. The van der Waals surface area contributed by atoms with Crippen LogP contribution in [-0.2, 0) is 0 Å². The van der Waals surface area contributed by atoms with E-state index in [0.29, 0.717) is 5.41 Å². The van der Waals surface area contributed by atoms with E-state index >= 15 is 0 Å². The molecule has 0 atom stereocenters. The lowest BCUT2D eigenvalue weighted by Gasteiger charge is -2.46. The number of likely N-dealkylation sites (tertiary alicyclic amines) is 2. The van der Waals surface area contributed by atoms with Crippen LogP contribution in [0.4, 0.5) is 4.79 Å². The summed E-state index contributed by atoms with van der Waals surface area (Å²) < 4.78 is 0. The largest absolute Gasteiger partial charge is 0.351 e. The minimum atomic E-state index is -0.310. The van der Waals surface area contributed by atoms with Crippen molar-refractivity contribution < 1.29 is 9.59 Å². The molecular formula is C15H21N3O2S. The minimum absolute atomic E-state index is 0.153. The van der Waals surface area contributed by atoms with E-state index in [9.17, 15) is 9.59 Å². The van der Waals surface area contributed by atoms with Crippen molar-refractivity contribution in [2.45, 2.75) is 25.7 Å². The fourth-order valence-corrected chi connectivity index (χ4v) is 4.08. The van der Waals surface area contributed by atoms with Crippen LogP contribution in [-0.4, -0.2) is 47.9 Å². The Morgan fingerprint density at radius 3 is 2.10 bits per heavy atom. The molecule has 2 N–H and O–H groups in total. The fourth-order valence-electron chi connectivity index (χ4n) is 3.45. The van der Waals surface area contributed by atoms with Crippen molar-refractivity contribution in [2.75, 3.05) is 26.2 Å². The molecule has 2 aliphatic rings. The molecule has 5 nitrogen and oxygen atoms in total. The number of amides is 3. The molecule has 1 aromatic heterocycles. The molecule has 3 amide bonds. The lowest BCUT2D eigenvalue weighted by atomic mass is 9.71. The van der Waals surface area contributed by atoms with Gasteiger partial charge in [-0.05, 0) is 42.5 Å². The Labute approximate surface area is 128 Å². The van der Waals surface area contributed by atoms with Crippen LogP contribution in [0.3, 0.4) is 0 Å². The van der Waals surface area contributed by atoms with Crippen LogP contribution in [0, 0.1) is 5.41 Å². The lowest BCUT2D eigenvalue weighted by molar-refractivity contribution is 0.0377. The zero-order chi connectivity index (χ0) is 14.9. The second kappa shape index (κ2) is 5.67. The van der Waals surface area contributed by atoms with Crippen molar-refractivity contribution >= 4 is 23.3 Å². The number of nitrogens with zero attached hydrogens (tertiary/aromatic N) is 2. The molecule has 2 saturated heterocycles. The van der Waals surface area contributed by atoms with E-state index in [1.165, 1.54) is 0 Å². The number of piperidine rings is 2. The van der Waals surface area contributed by atoms with Gasteiger partial charge in [0.15, 0.2) is 0 Å². The molecule has 0 aliphatic carbocycles. The number of carbonyl (C=O) groups excluding carboxylic acids is 2. The topological polar surface area (TPSA) is 66.6 Å². The van der Waals surface area contributed by atoms with Crippen LogP contribution in [0.25, 0.3) is 0 Å². The maximum atomic E-state index is 12.3. The molecule has 3 rings (SSSR count). The van der Waals surface area contributed by atoms with Crippen LogP contribution in [0.1, 0.15) is 36.0 Å². The summed E-state index contributed by atoms with van der Waals surface area (Å²) in [6.07, 6.45) is 4.10. The van der Waals surface area contributed by atoms with Crippen LogP contribution in [0.2, 0.25) is 0 Å². The summed E-state index contributed by atoms with van der Waals surface area (Å²) in [5, 5.41) is 3.86. The number of rotatable bonds is 1. The molecule has 21 heavy (non-hydrogen) atoms. The van der Waals surface area contributed by atoms with E-state index in [-0.39, 0.29) is 11.9 Å². The van der Waals surface area contributed by atoms with E-state index in [0.717, 1.165) is 57.4 Å². The average Bonchev–Trinajstić information content (AvgIpc) is 3.02. The van der Waals surface area contributed by atoms with E-state index in [2.05, 4.69) is 0 Å². The van der Waals surface area contributed by atoms with Crippen molar-refractivity contribution in [3.8, 4) is 0 Å². The molecule has 0 radical (unpaired) electrons. The van der Waals surface area contributed by atoms with Crippen molar-refractivity contribution in [1.29, 1.82) is 0 Å². The number of hydrogen-bond donors (Lipinski definition) is 1. The Bertz CT molecular complexity index is 511. The van der Waals surface area contributed by atoms with Gasteiger partial charge in [0.25, 0.3) is 5.91 Å². The molecule has 0 unspecified atom stereocenters. The predicted molar refractivity (Wildman–Crippen MR) is 82.3 cm³/mol. The Balaban J connectivity index is 1.56. The highest BCUT2D eigenvalue weighted by atomic mass is 32.1. The van der Waals surface area contributed by atoms with E-state index in [4.69, 9.17) is 5.73 Å². The van der Waals surface area contributed by atoms with Gasteiger partial charge in [-0.2, -0.15) is 11.3 Å². The molecule has 0 aromatic carbocycles. The molecule has 0 bridgehead atoms. The van der Waals surface area contributed by atoms with E-state index < -0.39 is 0 Å². The van der Waals surface area contributed by atoms with Gasteiger partial charge in [0.2, 0.25) is 0 Å². The first-order valence-corrected chi connectivity index (χ1v) is 8.40. The van der Waals surface area contributed by atoms with Gasteiger partial charge in [0.05, 0.1) is 5.56 Å². The third-order valence-corrected chi connectivity index (χ3v) is 5.70. The second-order valence-corrected chi connectivity index (χ2v) is 6.91. The highest BCUT2D eigenvalue weighted by molar-refractivity contribution is 7.08. The van der Waals surface area contributed by atoms with Gasteiger partial charge in [-0.25, -0.2) is 4.79 Å². The van der Waals surface area contributed by atoms with Crippen molar-refractivity contribution in [3.05, 3.63) is 22.4 Å². The van der Waals surface area contributed by atoms with Crippen molar-refractivity contribution in [2.24, 2.45) is 11.1 Å². The first-order chi connectivity index (χ1) is 10.1. The number of primary amides is 1. The standard InChI is InChI=1S/C15H21N3O2S/c16-14(20)18-8-4-15(5-9-18)2-6-17(7-3-15)13(19)12-1-10-21-11-12/h1,10-11H,2-9H2,(H2,16,20). The number of nitrogens with two attached hydrogens (primary N) is 1. The summed E-state index contributed by atoms with van der Waals surface area (Å²) in [7, 11) is 0. The monoisotopic (exact) mass is 307 g/mol. The fraction of sp³-hybridized carbons (Fsp3) is 0.600. The smallest absolute Gasteiger partial charge is 0.314 e. The molecule has 1 aromatic rings.